The maximum Gasteiger partial charge on any atom is 0.266 e. The van der Waals surface area contributed by atoms with E-state index >= 15 is 0 Å². The molecule has 0 aromatic carbocycles. The van der Waals surface area contributed by atoms with E-state index in [1.165, 1.54) is 0 Å². The molecule has 4 heterocycles. The number of oxazole rings is 1. The normalized spacial score (nSPS) is 15.5. The molecule has 3 aromatic heterocycles. The highest BCUT2D eigenvalue weighted by atomic mass is 32.1. The Balaban J connectivity index is 1.46. The molecule has 1 aliphatic heterocycles. The molecule has 7 nitrogen and oxygen atoms in total. The fourth-order valence-corrected chi connectivity index (χ4v) is 3.31. The first-order valence-corrected chi connectivity index (χ1v) is 8.57. The number of piperazine rings is 1. The zero-order valence-corrected chi connectivity index (χ0v) is 13.7. The molecule has 1 aliphatic rings. The van der Waals surface area contributed by atoms with Crippen LogP contribution in [0, 0.1) is 11.3 Å². The lowest BCUT2D eigenvalue weighted by molar-refractivity contribution is 0.244. The van der Waals surface area contributed by atoms with Gasteiger partial charge in [-0.05, 0) is 12.1 Å². The third-order valence-corrected chi connectivity index (χ3v) is 4.61. The molecule has 24 heavy (non-hydrogen) atoms. The molecule has 0 unspecified atom stereocenters. The van der Waals surface area contributed by atoms with E-state index in [1.54, 1.807) is 29.7 Å². The van der Waals surface area contributed by atoms with Crippen molar-refractivity contribution in [1.29, 1.82) is 5.26 Å². The van der Waals surface area contributed by atoms with Crippen LogP contribution in [0.3, 0.4) is 0 Å². The van der Waals surface area contributed by atoms with Crippen LogP contribution in [0.25, 0.3) is 11.7 Å². The molecular formula is C16H15N5O2S. The van der Waals surface area contributed by atoms with Crippen LogP contribution in [-0.4, -0.2) is 41.0 Å². The second-order valence-corrected chi connectivity index (χ2v) is 6.22. The molecule has 0 N–H and O–H groups in total. The molecule has 122 valence electrons. The Morgan fingerprint density at radius 2 is 2.17 bits per heavy atom. The van der Waals surface area contributed by atoms with E-state index in [9.17, 15) is 5.26 Å². The SMILES string of the molecule is N#Cc1nc(-c2ccco2)oc1N1CCN(Cc2cscn2)CC1. The van der Waals surface area contributed by atoms with Crippen molar-refractivity contribution >= 4 is 17.2 Å². The van der Waals surface area contributed by atoms with E-state index in [0.717, 1.165) is 38.4 Å². The van der Waals surface area contributed by atoms with Crippen LogP contribution in [0.1, 0.15) is 11.4 Å². The first-order valence-electron chi connectivity index (χ1n) is 7.62. The van der Waals surface area contributed by atoms with Gasteiger partial charge in [-0.25, -0.2) is 4.98 Å². The summed E-state index contributed by atoms with van der Waals surface area (Å²) >= 11 is 1.62. The van der Waals surface area contributed by atoms with Gasteiger partial charge in [0.2, 0.25) is 11.6 Å². The van der Waals surface area contributed by atoms with Crippen LogP contribution in [0.5, 0.6) is 0 Å². The van der Waals surface area contributed by atoms with Gasteiger partial charge in [0.25, 0.3) is 5.89 Å². The van der Waals surface area contributed by atoms with Crippen LogP contribution in [-0.2, 0) is 6.54 Å². The van der Waals surface area contributed by atoms with Crippen molar-refractivity contribution < 1.29 is 8.83 Å². The molecule has 8 heteroatoms. The summed E-state index contributed by atoms with van der Waals surface area (Å²) in [7, 11) is 0. The largest absolute Gasteiger partial charge is 0.459 e. The van der Waals surface area contributed by atoms with Crippen molar-refractivity contribution in [3.05, 3.63) is 40.7 Å². The van der Waals surface area contributed by atoms with Gasteiger partial charge < -0.3 is 13.7 Å². The van der Waals surface area contributed by atoms with Crippen LogP contribution in [0.2, 0.25) is 0 Å². The molecule has 0 saturated carbocycles. The van der Waals surface area contributed by atoms with Gasteiger partial charge in [0.15, 0.2) is 5.76 Å². The highest BCUT2D eigenvalue weighted by Gasteiger charge is 2.25. The van der Waals surface area contributed by atoms with Crippen molar-refractivity contribution in [2.75, 3.05) is 31.1 Å². The van der Waals surface area contributed by atoms with Gasteiger partial charge in [0.1, 0.15) is 6.07 Å². The summed E-state index contributed by atoms with van der Waals surface area (Å²) in [6.07, 6.45) is 1.56. The Bertz CT molecular complexity index is 827. The Labute approximate surface area is 142 Å². The number of thiazole rings is 1. The van der Waals surface area contributed by atoms with Gasteiger partial charge >= 0.3 is 0 Å². The van der Waals surface area contributed by atoms with Crippen LogP contribution in [0.15, 0.2) is 38.1 Å². The van der Waals surface area contributed by atoms with Crippen molar-refractivity contribution in [2.45, 2.75) is 6.54 Å². The first-order chi connectivity index (χ1) is 11.8. The van der Waals surface area contributed by atoms with Crippen LogP contribution in [0.4, 0.5) is 5.88 Å². The van der Waals surface area contributed by atoms with E-state index in [-0.39, 0.29) is 0 Å². The van der Waals surface area contributed by atoms with Gasteiger partial charge in [0.05, 0.1) is 17.5 Å². The highest BCUT2D eigenvalue weighted by molar-refractivity contribution is 7.07. The predicted molar refractivity (Wildman–Crippen MR) is 88.5 cm³/mol. The van der Waals surface area contributed by atoms with Crippen molar-refractivity contribution in [3.63, 3.8) is 0 Å². The fraction of sp³-hybridized carbons (Fsp3) is 0.312. The van der Waals surface area contributed by atoms with E-state index < -0.39 is 0 Å². The van der Waals surface area contributed by atoms with Gasteiger partial charge in [-0.15, -0.1) is 11.3 Å². The molecule has 1 saturated heterocycles. The summed E-state index contributed by atoms with van der Waals surface area (Å²) in [4.78, 5) is 13.0. The summed E-state index contributed by atoms with van der Waals surface area (Å²) in [6, 6.07) is 5.65. The van der Waals surface area contributed by atoms with Crippen molar-refractivity contribution in [3.8, 4) is 17.7 Å². The molecule has 1 fully saturated rings. The average Bonchev–Trinajstić information content (AvgIpc) is 3.36. The molecule has 0 amide bonds. The van der Waals surface area contributed by atoms with Gasteiger partial charge in [-0.3, -0.25) is 4.90 Å². The zero-order chi connectivity index (χ0) is 16.4. The standard InChI is InChI=1S/C16H15N5O2S/c17-8-13-16(23-15(19-13)14-2-1-7-22-14)21-5-3-20(4-6-21)9-12-10-24-11-18-12/h1-2,7,10-11H,3-6,9H2. The van der Waals surface area contributed by atoms with E-state index in [2.05, 4.69) is 31.2 Å². The van der Waals surface area contributed by atoms with Gasteiger partial charge in [-0.2, -0.15) is 10.2 Å². The summed E-state index contributed by atoms with van der Waals surface area (Å²) in [5.41, 5.74) is 3.26. The Kier molecular flexibility index (Phi) is 4.02. The Hall–Kier alpha value is -2.63. The molecule has 4 rings (SSSR count). The fourth-order valence-electron chi connectivity index (χ4n) is 2.76. The number of nitriles is 1. The molecule has 0 aliphatic carbocycles. The zero-order valence-electron chi connectivity index (χ0n) is 12.9. The van der Waals surface area contributed by atoms with Crippen molar-refractivity contribution in [1.82, 2.24) is 14.9 Å². The second-order valence-electron chi connectivity index (χ2n) is 5.50. The maximum absolute atomic E-state index is 9.34. The number of furan rings is 1. The molecule has 0 bridgehead atoms. The summed E-state index contributed by atoms with van der Waals surface area (Å²) in [6.45, 7) is 4.20. The maximum atomic E-state index is 9.34. The lowest BCUT2D eigenvalue weighted by atomic mass is 10.3. The number of rotatable bonds is 4. The molecule has 0 spiro atoms. The smallest absolute Gasteiger partial charge is 0.266 e. The lowest BCUT2D eigenvalue weighted by Crippen LogP contribution is -2.46. The van der Waals surface area contributed by atoms with E-state index in [0.29, 0.717) is 23.2 Å². The molecular weight excluding hydrogens is 326 g/mol. The quantitative estimate of drug-likeness (QED) is 0.721. The number of aromatic nitrogens is 2. The Morgan fingerprint density at radius 3 is 2.83 bits per heavy atom. The third-order valence-electron chi connectivity index (χ3n) is 3.98. The van der Waals surface area contributed by atoms with Crippen LogP contribution < -0.4 is 4.90 Å². The predicted octanol–water partition coefficient (Wildman–Crippen LogP) is 2.58. The number of hydrogen-bond donors (Lipinski definition) is 0. The average molecular weight is 341 g/mol. The summed E-state index contributed by atoms with van der Waals surface area (Å²) in [5, 5.41) is 11.4. The topological polar surface area (TPSA) is 82.3 Å². The van der Waals surface area contributed by atoms with E-state index in [1.807, 2.05) is 5.51 Å². The number of hydrogen-bond acceptors (Lipinski definition) is 8. The third kappa shape index (κ3) is 2.91. The minimum atomic E-state index is 0.300. The molecule has 0 atom stereocenters. The number of nitrogens with zero attached hydrogens (tertiary/aromatic N) is 5. The minimum Gasteiger partial charge on any atom is -0.459 e. The van der Waals surface area contributed by atoms with Gasteiger partial charge in [-0.1, -0.05) is 0 Å². The molecule has 0 radical (unpaired) electrons. The van der Waals surface area contributed by atoms with Gasteiger partial charge in [0, 0.05) is 38.1 Å². The lowest BCUT2D eigenvalue weighted by Gasteiger charge is -2.34. The van der Waals surface area contributed by atoms with Crippen molar-refractivity contribution in [2.24, 2.45) is 0 Å². The number of anilines is 1. The second kappa shape index (κ2) is 6.47. The molecule has 3 aromatic rings. The first kappa shape index (κ1) is 14.9. The summed E-state index contributed by atoms with van der Waals surface area (Å²) in [5.74, 6) is 1.40. The Morgan fingerprint density at radius 1 is 1.29 bits per heavy atom. The summed E-state index contributed by atoms with van der Waals surface area (Å²) < 4.78 is 11.1. The monoisotopic (exact) mass is 341 g/mol. The highest BCUT2D eigenvalue weighted by Crippen LogP contribution is 2.29. The van der Waals surface area contributed by atoms with E-state index in [4.69, 9.17) is 8.83 Å². The minimum absolute atomic E-state index is 0.300. The van der Waals surface area contributed by atoms with Crippen LogP contribution >= 0.6 is 11.3 Å².